The first kappa shape index (κ1) is 13.5. The predicted molar refractivity (Wildman–Crippen MR) is 83.3 cm³/mol. The fourth-order valence-electron chi connectivity index (χ4n) is 2.19. The molecule has 3 rings (SSSR count). The largest absolute Gasteiger partial charge is 0.363 e. The average molecular weight is 281 g/mol. The van der Waals surface area contributed by atoms with E-state index in [1.807, 2.05) is 10.6 Å². The van der Waals surface area contributed by atoms with Gasteiger partial charge < -0.3 is 5.32 Å². The number of nitrogens with one attached hydrogen (secondary N) is 1. The van der Waals surface area contributed by atoms with E-state index < -0.39 is 0 Å². The molecule has 0 atom stereocenters. The molecule has 0 fully saturated rings. The summed E-state index contributed by atoms with van der Waals surface area (Å²) < 4.78 is 1.85. The lowest BCUT2D eigenvalue weighted by atomic mass is 9.87. The zero-order valence-corrected chi connectivity index (χ0v) is 12.5. The Kier molecular flexibility index (Phi) is 3.33. The summed E-state index contributed by atoms with van der Waals surface area (Å²) in [6.07, 6.45) is 5.24. The van der Waals surface area contributed by atoms with Gasteiger partial charge in [-0.05, 0) is 16.5 Å². The molecule has 0 aliphatic carbocycles. The Morgan fingerprint density at radius 3 is 2.62 bits per heavy atom. The molecule has 5 nitrogen and oxygen atoms in total. The summed E-state index contributed by atoms with van der Waals surface area (Å²) in [5, 5.41) is 11.3. The van der Waals surface area contributed by atoms with Crippen molar-refractivity contribution in [3.05, 3.63) is 54.1 Å². The minimum atomic E-state index is 0.181. The number of anilines is 1. The van der Waals surface area contributed by atoms with Crippen molar-refractivity contribution in [1.82, 2.24) is 19.6 Å². The number of benzene rings is 1. The van der Waals surface area contributed by atoms with Crippen LogP contribution in [-0.2, 0) is 12.0 Å². The summed E-state index contributed by atoms with van der Waals surface area (Å²) in [7, 11) is 0. The van der Waals surface area contributed by atoms with Crippen molar-refractivity contribution in [2.24, 2.45) is 0 Å². The Morgan fingerprint density at radius 1 is 1.14 bits per heavy atom. The second-order valence-corrected chi connectivity index (χ2v) is 6.14. The molecule has 0 spiro atoms. The topological polar surface area (TPSA) is 55.1 Å². The minimum Gasteiger partial charge on any atom is -0.363 e. The molecule has 2 aromatic heterocycles. The van der Waals surface area contributed by atoms with Crippen LogP contribution >= 0.6 is 0 Å². The van der Waals surface area contributed by atoms with E-state index >= 15 is 0 Å². The van der Waals surface area contributed by atoms with E-state index in [1.165, 1.54) is 11.1 Å². The molecule has 108 valence electrons. The molecule has 0 aliphatic heterocycles. The standard InChI is InChI=1S/C16H19N5/c1-16(2,3)13-6-4-12(5-7-13)10-18-14-15-20-19-11-21(15)9-8-17-14/h4-9,11H,10H2,1-3H3,(H,17,18). The van der Waals surface area contributed by atoms with Gasteiger partial charge in [-0.25, -0.2) is 4.98 Å². The third-order valence-corrected chi connectivity index (χ3v) is 3.50. The molecule has 21 heavy (non-hydrogen) atoms. The fourth-order valence-corrected chi connectivity index (χ4v) is 2.19. The van der Waals surface area contributed by atoms with Crippen LogP contribution in [0.25, 0.3) is 5.65 Å². The fraction of sp³-hybridized carbons (Fsp3) is 0.312. The molecule has 0 amide bonds. The van der Waals surface area contributed by atoms with Gasteiger partial charge >= 0.3 is 0 Å². The van der Waals surface area contributed by atoms with Gasteiger partial charge in [0.25, 0.3) is 0 Å². The number of hydrogen-bond donors (Lipinski definition) is 1. The lowest BCUT2D eigenvalue weighted by molar-refractivity contribution is 0.590. The Balaban J connectivity index is 1.74. The number of fused-ring (bicyclic) bond motifs is 1. The van der Waals surface area contributed by atoms with Gasteiger partial charge in [0.15, 0.2) is 5.82 Å². The van der Waals surface area contributed by atoms with Gasteiger partial charge in [0.05, 0.1) is 0 Å². The van der Waals surface area contributed by atoms with Crippen LogP contribution < -0.4 is 5.32 Å². The summed E-state index contributed by atoms with van der Waals surface area (Å²) >= 11 is 0. The zero-order chi connectivity index (χ0) is 14.9. The van der Waals surface area contributed by atoms with E-state index in [1.54, 1.807) is 12.5 Å². The highest BCUT2D eigenvalue weighted by Gasteiger charge is 2.12. The van der Waals surface area contributed by atoms with Crippen molar-refractivity contribution in [2.45, 2.75) is 32.7 Å². The third kappa shape index (κ3) is 2.86. The molecule has 0 unspecified atom stereocenters. The molecule has 0 radical (unpaired) electrons. The number of nitrogens with zero attached hydrogens (tertiary/aromatic N) is 4. The second kappa shape index (κ2) is 5.16. The van der Waals surface area contributed by atoms with Crippen molar-refractivity contribution in [3.8, 4) is 0 Å². The quantitative estimate of drug-likeness (QED) is 0.801. The van der Waals surface area contributed by atoms with Gasteiger partial charge in [0.2, 0.25) is 5.65 Å². The summed E-state index contributed by atoms with van der Waals surface area (Å²) in [5.74, 6) is 0.745. The Labute approximate surface area is 124 Å². The van der Waals surface area contributed by atoms with E-state index in [-0.39, 0.29) is 5.41 Å². The first-order chi connectivity index (χ1) is 10.0. The van der Waals surface area contributed by atoms with Crippen molar-refractivity contribution in [1.29, 1.82) is 0 Å². The van der Waals surface area contributed by atoms with Gasteiger partial charge in [-0.2, -0.15) is 0 Å². The van der Waals surface area contributed by atoms with Crippen LogP contribution in [0.3, 0.4) is 0 Å². The number of hydrogen-bond acceptors (Lipinski definition) is 4. The van der Waals surface area contributed by atoms with Crippen LogP contribution in [-0.4, -0.2) is 19.6 Å². The van der Waals surface area contributed by atoms with Crippen molar-refractivity contribution < 1.29 is 0 Å². The SMILES string of the molecule is CC(C)(C)c1ccc(CNc2nccn3cnnc23)cc1. The minimum absolute atomic E-state index is 0.181. The molecule has 0 bridgehead atoms. The maximum absolute atomic E-state index is 4.32. The zero-order valence-electron chi connectivity index (χ0n) is 12.5. The summed E-state index contributed by atoms with van der Waals surface area (Å²) in [6.45, 7) is 7.37. The number of aromatic nitrogens is 4. The van der Waals surface area contributed by atoms with Gasteiger partial charge in [-0.15, -0.1) is 10.2 Å². The van der Waals surface area contributed by atoms with Crippen LogP contribution in [0.2, 0.25) is 0 Å². The van der Waals surface area contributed by atoms with E-state index in [4.69, 9.17) is 0 Å². The Bertz CT molecular complexity index is 737. The third-order valence-electron chi connectivity index (χ3n) is 3.50. The smallest absolute Gasteiger partial charge is 0.203 e. The molecule has 0 saturated heterocycles. The van der Waals surface area contributed by atoms with E-state index in [0.29, 0.717) is 6.54 Å². The van der Waals surface area contributed by atoms with Crippen molar-refractivity contribution in [2.75, 3.05) is 5.32 Å². The first-order valence-corrected chi connectivity index (χ1v) is 7.02. The van der Waals surface area contributed by atoms with E-state index in [9.17, 15) is 0 Å². The van der Waals surface area contributed by atoms with E-state index in [2.05, 4.69) is 65.5 Å². The highest BCUT2D eigenvalue weighted by Crippen LogP contribution is 2.22. The van der Waals surface area contributed by atoms with Gasteiger partial charge in [0.1, 0.15) is 6.33 Å². The molecule has 1 aromatic carbocycles. The Morgan fingerprint density at radius 2 is 1.90 bits per heavy atom. The Hall–Kier alpha value is -2.43. The first-order valence-electron chi connectivity index (χ1n) is 7.02. The highest BCUT2D eigenvalue weighted by atomic mass is 15.2. The maximum atomic E-state index is 4.32. The molecule has 5 heteroatoms. The number of rotatable bonds is 3. The molecule has 0 saturated carbocycles. The van der Waals surface area contributed by atoms with Crippen LogP contribution in [0.15, 0.2) is 43.0 Å². The van der Waals surface area contributed by atoms with Gasteiger partial charge in [-0.1, -0.05) is 45.0 Å². The van der Waals surface area contributed by atoms with Crippen LogP contribution in [0.4, 0.5) is 5.82 Å². The van der Waals surface area contributed by atoms with Crippen LogP contribution in [0.1, 0.15) is 31.9 Å². The van der Waals surface area contributed by atoms with Gasteiger partial charge in [-0.3, -0.25) is 4.40 Å². The summed E-state index contributed by atoms with van der Waals surface area (Å²) in [6, 6.07) is 8.67. The van der Waals surface area contributed by atoms with Crippen molar-refractivity contribution in [3.63, 3.8) is 0 Å². The van der Waals surface area contributed by atoms with Crippen LogP contribution in [0.5, 0.6) is 0 Å². The van der Waals surface area contributed by atoms with Crippen molar-refractivity contribution >= 4 is 11.5 Å². The summed E-state index contributed by atoms with van der Waals surface area (Å²) in [5.41, 5.74) is 3.47. The molecule has 1 N–H and O–H groups in total. The molecule has 0 aliphatic rings. The molecule has 3 aromatic rings. The normalized spacial score (nSPS) is 11.8. The molecule has 2 heterocycles. The monoisotopic (exact) mass is 281 g/mol. The molecular weight excluding hydrogens is 262 g/mol. The predicted octanol–water partition coefficient (Wildman–Crippen LogP) is 3.03. The maximum Gasteiger partial charge on any atom is 0.203 e. The van der Waals surface area contributed by atoms with E-state index in [0.717, 1.165) is 11.5 Å². The second-order valence-electron chi connectivity index (χ2n) is 6.14. The van der Waals surface area contributed by atoms with Gasteiger partial charge in [0, 0.05) is 18.9 Å². The summed E-state index contributed by atoms with van der Waals surface area (Å²) in [4.78, 5) is 4.32. The lowest BCUT2D eigenvalue weighted by Crippen LogP contribution is -2.11. The molecular formula is C16H19N5. The van der Waals surface area contributed by atoms with Crippen LogP contribution in [0, 0.1) is 0 Å². The highest BCUT2D eigenvalue weighted by molar-refractivity contribution is 5.61. The lowest BCUT2D eigenvalue weighted by Gasteiger charge is -2.19. The average Bonchev–Trinajstić information content (AvgIpc) is 2.93.